The van der Waals surface area contributed by atoms with Crippen LogP contribution in [0.3, 0.4) is 0 Å². The predicted octanol–water partition coefficient (Wildman–Crippen LogP) is 4.14. The third-order valence-electron chi connectivity index (χ3n) is 4.45. The van der Waals surface area contributed by atoms with Crippen molar-refractivity contribution >= 4 is 15.7 Å². The molecular weight excluding hydrogens is 372 g/mol. The lowest BCUT2D eigenvalue weighted by atomic mass is 10.1. The zero-order valence-electron chi connectivity index (χ0n) is 15.9. The van der Waals surface area contributed by atoms with Gasteiger partial charge >= 0.3 is 0 Å². The van der Waals surface area contributed by atoms with Gasteiger partial charge in [-0.3, -0.25) is 0 Å². The van der Waals surface area contributed by atoms with Crippen molar-refractivity contribution in [2.75, 3.05) is 19.0 Å². The molecule has 1 atom stereocenters. The van der Waals surface area contributed by atoms with Crippen LogP contribution >= 0.6 is 0 Å². The van der Waals surface area contributed by atoms with Gasteiger partial charge in [-0.1, -0.05) is 60.2 Å². The molecule has 6 heteroatoms. The molecule has 0 aromatic heterocycles. The first-order valence-corrected chi connectivity index (χ1v) is 10.5. The molecule has 3 aromatic rings. The number of ether oxygens (including phenoxy) is 1. The highest BCUT2D eigenvalue weighted by Gasteiger charge is 2.19. The molecule has 2 N–H and O–H groups in total. The normalized spacial score (nSPS) is 12.4. The van der Waals surface area contributed by atoms with Crippen LogP contribution in [0.1, 0.15) is 17.2 Å². The molecule has 28 heavy (non-hydrogen) atoms. The Morgan fingerprint density at radius 1 is 0.893 bits per heavy atom. The molecule has 3 rings (SSSR count). The van der Waals surface area contributed by atoms with Crippen molar-refractivity contribution in [3.8, 4) is 5.75 Å². The van der Waals surface area contributed by atoms with E-state index < -0.39 is 10.0 Å². The van der Waals surface area contributed by atoms with Crippen molar-refractivity contribution in [2.24, 2.45) is 0 Å². The molecule has 0 saturated heterocycles. The molecule has 5 nitrogen and oxygen atoms in total. The summed E-state index contributed by atoms with van der Waals surface area (Å²) in [6.45, 7) is 2.12. The second-order valence-electron chi connectivity index (χ2n) is 6.47. The first kappa shape index (κ1) is 19.9. The standard InChI is InChI=1S/C22H24N2O3S/c1-17-12-14-19(15-13-17)28(25,26)23-16-21(18-8-4-3-5-9-18)24-20-10-6-7-11-22(20)27-2/h3-15,21,23-24H,16H2,1-2H3. The van der Waals surface area contributed by atoms with Crippen LogP contribution in [-0.2, 0) is 10.0 Å². The van der Waals surface area contributed by atoms with E-state index in [4.69, 9.17) is 4.74 Å². The lowest BCUT2D eigenvalue weighted by Crippen LogP contribution is -2.31. The Kier molecular flexibility index (Phi) is 6.34. The van der Waals surface area contributed by atoms with E-state index in [1.807, 2.05) is 61.5 Å². The highest BCUT2D eigenvalue weighted by Crippen LogP contribution is 2.28. The summed E-state index contributed by atoms with van der Waals surface area (Å²) in [6, 6.07) is 23.8. The Hall–Kier alpha value is -2.83. The van der Waals surface area contributed by atoms with Gasteiger partial charge in [-0.2, -0.15) is 0 Å². The van der Waals surface area contributed by atoms with E-state index >= 15 is 0 Å². The fourth-order valence-electron chi connectivity index (χ4n) is 2.88. The molecule has 146 valence electrons. The van der Waals surface area contributed by atoms with Crippen LogP contribution in [0.15, 0.2) is 83.8 Å². The van der Waals surface area contributed by atoms with Gasteiger partial charge in [0, 0.05) is 6.54 Å². The van der Waals surface area contributed by atoms with Crippen LogP contribution in [0.4, 0.5) is 5.69 Å². The van der Waals surface area contributed by atoms with Crippen LogP contribution in [0.2, 0.25) is 0 Å². The fraction of sp³-hybridized carbons (Fsp3) is 0.182. The van der Waals surface area contributed by atoms with Gasteiger partial charge in [0.25, 0.3) is 0 Å². The quantitative estimate of drug-likeness (QED) is 0.601. The number of hydrogen-bond acceptors (Lipinski definition) is 4. The van der Waals surface area contributed by atoms with Crippen molar-refractivity contribution < 1.29 is 13.2 Å². The number of sulfonamides is 1. The van der Waals surface area contributed by atoms with Crippen molar-refractivity contribution in [1.82, 2.24) is 4.72 Å². The van der Waals surface area contributed by atoms with Gasteiger partial charge in [0.1, 0.15) is 5.75 Å². The summed E-state index contributed by atoms with van der Waals surface area (Å²) < 4.78 is 33.5. The van der Waals surface area contributed by atoms with Crippen LogP contribution in [0.5, 0.6) is 5.75 Å². The molecule has 3 aromatic carbocycles. The second kappa shape index (κ2) is 8.91. The number of anilines is 1. The molecule has 0 bridgehead atoms. The van der Waals surface area contributed by atoms with E-state index in [9.17, 15) is 8.42 Å². The maximum atomic E-state index is 12.7. The summed E-state index contributed by atoms with van der Waals surface area (Å²) >= 11 is 0. The number of nitrogens with one attached hydrogen (secondary N) is 2. The summed E-state index contributed by atoms with van der Waals surface area (Å²) in [6.07, 6.45) is 0. The molecule has 0 radical (unpaired) electrons. The van der Waals surface area contributed by atoms with E-state index in [1.54, 1.807) is 31.4 Å². The Morgan fingerprint density at radius 3 is 2.21 bits per heavy atom. The lowest BCUT2D eigenvalue weighted by molar-refractivity contribution is 0.416. The van der Waals surface area contributed by atoms with Crippen LogP contribution in [0.25, 0.3) is 0 Å². The zero-order valence-corrected chi connectivity index (χ0v) is 16.7. The molecule has 0 spiro atoms. The monoisotopic (exact) mass is 396 g/mol. The van der Waals surface area contributed by atoms with E-state index in [-0.39, 0.29) is 17.5 Å². The van der Waals surface area contributed by atoms with E-state index in [0.29, 0.717) is 5.75 Å². The lowest BCUT2D eigenvalue weighted by Gasteiger charge is -2.22. The molecule has 0 aliphatic carbocycles. The summed E-state index contributed by atoms with van der Waals surface area (Å²) in [5.74, 6) is 0.699. The zero-order chi connectivity index (χ0) is 20.0. The molecule has 0 heterocycles. The van der Waals surface area contributed by atoms with Gasteiger partial charge < -0.3 is 10.1 Å². The number of methoxy groups -OCH3 is 1. The second-order valence-corrected chi connectivity index (χ2v) is 8.24. The third kappa shape index (κ3) is 4.91. The van der Waals surface area contributed by atoms with E-state index in [1.165, 1.54) is 0 Å². The summed E-state index contributed by atoms with van der Waals surface area (Å²) in [7, 11) is -2.00. The molecule has 0 aliphatic rings. The highest BCUT2D eigenvalue weighted by molar-refractivity contribution is 7.89. The Morgan fingerprint density at radius 2 is 1.54 bits per heavy atom. The number of hydrogen-bond donors (Lipinski definition) is 2. The summed E-state index contributed by atoms with van der Waals surface area (Å²) in [4.78, 5) is 0.252. The van der Waals surface area contributed by atoms with Crippen molar-refractivity contribution in [3.63, 3.8) is 0 Å². The Labute approximate surface area is 166 Å². The molecule has 0 fully saturated rings. The average Bonchev–Trinajstić information content (AvgIpc) is 2.72. The molecular formula is C22H24N2O3S. The minimum Gasteiger partial charge on any atom is -0.495 e. The topological polar surface area (TPSA) is 67.4 Å². The molecule has 0 amide bonds. The van der Waals surface area contributed by atoms with E-state index in [2.05, 4.69) is 10.0 Å². The number of para-hydroxylation sites is 2. The number of benzene rings is 3. The first-order valence-electron chi connectivity index (χ1n) is 9.00. The van der Waals surface area contributed by atoms with Crippen molar-refractivity contribution in [3.05, 3.63) is 90.0 Å². The van der Waals surface area contributed by atoms with Crippen molar-refractivity contribution in [2.45, 2.75) is 17.9 Å². The van der Waals surface area contributed by atoms with Gasteiger partial charge in [0.2, 0.25) is 10.0 Å². The van der Waals surface area contributed by atoms with Gasteiger partial charge in [0.05, 0.1) is 23.7 Å². The number of aryl methyl sites for hydroxylation is 1. The maximum absolute atomic E-state index is 12.7. The van der Waals surface area contributed by atoms with Crippen molar-refractivity contribution in [1.29, 1.82) is 0 Å². The Bertz CT molecular complexity index is 1000. The summed E-state index contributed by atoms with van der Waals surface area (Å²) in [5, 5.41) is 3.40. The van der Waals surface area contributed by atoms with Gasteiger partial charge in [-0.15, -0.1) is 0 Å². The molecule has 0 saturated carbocycles. The smallest absolute Gasteiger partial charge is 0.240 e. The maximum Gasteiger partial charge on any atom is 0.240 e. The minimum absolute atomic E-state index is 0.193. The SMILES string of the molecule is COc1ccccc1NC(CNS(=O)(=O)c1ccc(C)cc1)c1ccccc1. The Balaban J connectivity index is 1.83. The number of rotatable bonds is 8. The van der Waals surface area contributed by atoms with Crippen LogP contribution in [-0.4, -0.2) is 22.1 Å². The first-order chi connectivity index (χ1) is 13.5. The molecule has 0 aliphatic heterocycles. The summed E-state index contributed by atoms with van der Waals surface area (Å²) in [5.41, 5.74) is 2.78. The largest absolute Gasteiger partial charge is 0.495 e. The predicted molar refractivity (Wildman–Crippen MR) is 112 cm³/mol. The van der Waals surface area contributed by atoms with Gasteiger partial charge in [0.15, 0.2) is 0 Å². The van der Waals surface area contributed by atoms with Gasteiger partial charge in [-0.05, 0) is 36.8 Å². The van der Waals surface area contributed by atoms with E-state index in [0.717, 1.165) is 16.8 Å². The molecule has 1 unspecified atom stereocenters. The highest BCUT2D eigenvalue weighted by atomic mass is 32.2. The minimum atomic E-state index is -3.61. The fourth-order valence-corrected chi connectivity index (χ4v) is 3.93. The van der Waals surface area contributed by atoms with Gasteiger partial charge in [-0.25, -0.2) is 13.1 Å². The van der Waals surface area contributed by atoms with Crippen LogP contribution in [0, 0.1) is 6.92 Å². The van der Waals surface area contributed by atoms with Crippen LogP contribution < -0.4 is 14.8 Å². The average molecular weight is 397 g/mol. The third-order valence-corrected chi connectivity index (χ3v) is 5.89.